The first-order chi connectivity index (χ1) is 13.2. The maximum absolute atomic E-state index is 12.0. The van der Waals surface area contributed by atoms with Crippen molar-refractivity contribution < 1.29 is 19.7 Å². The van der Waals surface area contributed by atoms with Gasteiger partial charge in [-0.2, -0.15) is 0 Å². The Hall–Kier alpha value is -2.17. The first-order valence-corrected chi connectivity index (χ1v) is 9.88. The predicted molar refractivity (Wildman–Crippen MR) is 109 cm³/mol. The number of hydrogen-bond acceptors (Lipinski definition) is 3. The zero-order chi connectivity index (χ0) is 20.4. The van der Waals surface area contributed by atoms with E-state index in [9.17, 15) is 15.0 Å². The lowest BCUT2D eigenvalue weighted by molar-refractivity contribution is -0.263. The van der Waals surface area contributed by atoms with E-state index < -0.39 is 28.7 Å². The van der Waals surface area contributed by atoms with Gasteiger partial charge in [0.15, 0.2) is 0 Å². The van der Waals surface area contributed by atoms with E-state index in [1.54, 1.807) is 0 Å². The molecule has 4 nitrogen and oxygen atoms in total. The average molecular weight is 383 g/mol. The third kappa shape index (κ3) is 4.13. The number of aliphatic hydroxyl groups is 1. The average Bonchev–Trinajstić information content (AvgIpc) is 2.62. The van der Waals surface area contributed by atoms with E-state index in [1.165, 1.54) is 0 Å². The minimum Gasteiger partial charge on any atom is -0.481 e. The second-order valence-corrected chi connectivity index (χ2v) is 8.72. The molecule has 0 spiro atoms. The van der Waals surface area contributed by atoms with E-state index in [0.29, 0.717) is 25.7 Å². The molecule has 2 aromatic carbocycles. The maximum Gasteiger partial charge on any atom is 0.309 e. The van der Waals surface area contributed by atoms with E-state index in [1.807, 2.05) is 81.4 Å². The van der Waals surface area contributed by atoms with E-state index in [4.69, 9.17) is 4.74 Å². The monoisotopic (exact) mass is 382 g/mol. The topological polar surface area (TPSA) is 66.8 Å². The lowest BCUT2D eigenvalue weighted by Crippen LogP contribution is -2.64. The highest BCUT2D eigenvalue weighted by Gasteiger charge is 2.56. The predicted octanol–water partition coefficient (Wildman–Crippen LogP) is 4.25. The molecule has 0 aliphatic carbocycles. The van der Waals surface area contributed by atoms with Crippen LogP contribution in [-0.2, 0) is 22.4 Å². The summed E-state index contributed by atoms with van der Waals surface area (Å²) in [6, 6.07) is 19.8. The van der Waals surface area contributed by atoms with Crippen molar-refractivity contribution in [1.82, 2.24) is 0 Å². The number of carbonyl (C=O) groups is 1. The van der Waals surface area contributed by atoms with Crippen molar-refractivity contribution in [2.75, 3.05) is 0 Å². The maximum atomic E-state index is 12.0. The molecule has 150 valence electrons. The number of benzene rings is 2. The van der Waals surface area contributed by atoms with Crippen LogP contribution in [0.4, 0.5) is 0 Å². The largest absolute Gasteiger partial charge is 0.481 e. The van der Waals surface area contributed by atoms with Crippen LogP contribution >= 0.6 is 0 Å². The normalized spacial score (nSPS) is 24.6. The molecule has 0 amide bonds. The number of ether oxygens (including phenoxy) is 1. The van der Waals surface area contributed by atoms with Gasteiger partial charge in [0.25, 0.3) is 0 Å². The van der Waals surface area contributed by atoms with E-state index in [-0.39, 0.29) is 0 Å². The SMILES string of the molecule is CC1(C)O[C@](C)(C(O)(Cc2ccccc2)Cc2ccccc2)CC[C@H]1C(=O)O. The van der Waals surface area contributed by atoms with Gasteiger partial charge in [0, 0.05) is 12.8 Å². The van der Waals surface area contributed by atoms with Gasteiger partial charge in [-0.05, 0) is 44.7 Å². The summed E-state index contributed by atoms with van der Waals surface area (Å²) in [6.07, 6.45) is 1.84. The van der Waals surface area contributed by atoms with Crippen molar-refractivity contribution >= 4 is 5.97 Å². The van der Waals surface area contributed by atoms with Gasteiger partial charge in [-0.3, -0.25) is 4.79 Å². The molecular weight excluding hydrogens is 352 g/mol. The Morgan fingerprint density at radius 1 is 1.00 bits per heavy atom. The lowest BCUT2D eigenvalue weighted by atomic mass is 9.68. The first-order valence-electron chi connectivity index (χ1n) is 9.88. The van der Waals surface area contributed by atoms with Gasteiger partial charge >= 0.3 is 5.97 Å². The quantitative estimate of drug-likeness (QED) is 0.784. The summed E-state index contributed by atoms with van der Waals surface area (Å²) in [5, 5.41) is 21.6. The Labute approximate surface area is 167 Å². The van der Waals surface area contributed by atoms with Crippen LogP contribution in [-0.4, -0.2) is 33.0 Å². The molecule has 1 aliphatic rings. The Bertz CT molecular complexity index is 758. The Morgan fingerprint density at radius 2 is 1.46 bits per heavy atom. The molecule has 2 N–H and O–H groups in total. The third-order valence-corrected chi connectivity index (χ3v) is 6.20. The molecule has 3 rings (SSSR count). The van der Waals surface area contributed by atoms with Gasteiger partial charge < -0.3 is 14.9 Å². The highest BCUT2D eigenvalue weighted by molar-refractivity contribution is 5.71. The van der Waals surface area contributed by atoms with Crippen LogP contribution in [0.2, 0.25) is 0 Å². The number of hydrogen-bond donors (Lipinski definition) is 2. The summed E-state index contributed by atoms with van der Waals surface area (Å²) in [7, 11) is 0. The molecule has 0 aromatic heterocycles. The molecule has 4 heteroatoms. The molecule has 0 unspecified atom stereocenters. The Balaban J connectivity index is 1.97. The van der Waals surface area contributed by atoms with Gasteiger partial charge in [0.2, 0.25) is 0 Å². The number of carboxylic acids is 1. The van der Waals surface area contributed by atoms with Crippen LogP contribution in [0.5, 0.6) is 0 Å². The molecule has 0 radical (unpaired) electrons. The molecule has 2 atom stereocenters. The zero-order valence-corrected chi connectivity index (χ0v) is 16.9. The lowest BCUT2D eigenvalue weighted by Gasteiger charge is -2.54. The smallest absolute Gasteiger partial charge is 0.309 e. The molecule has 0 saturated carbocycles. The van der Waals surface area contributed by atoms with E-state index >= 15 is 0 Å². The minimum atomic E-state index is -1.17. The molecule has 0 bridgehead atoms. The highest BCUT2D eigenvalue weighted by Crippen LogP contribution is 2.46. The molecule has 28 heavy (non-hydrogen) atoms. The second kappa shape index (κ2) is 7.69. The number of carboxylic acid groups (broad SMARTS) is 1. The van der Waals surface area contributed by atoms with Crippen molar-refractivity contribution in [2.45, 2.75) is 63.3 Å². The summed E-state index contributed by atoms with van der Waals surface area (Å²) in [4.78, 5) is 11.7. The van der Waals surface area contributed by atoms with E-state index in [0.717, 1.165) is 11.1 Å². The van der Waals surface area contributed by atoms with Crippen LogP contribution in [0.1, 0.15) is 44.7 Å². The van der Waals surface area contributed by atoms with Gasteiger partial charge in [-0.1, -0.05) is 60.7 Å². The van der Waals surface area contributed by atoms with Crippen molar-refractivity contribution in [1.29, 1.82) is 0 Å². The van der Waals surface area contributed by atoms with Crippen LogP contribution in [0.3, 0.4) is 0 Å². The molecule has 1 saturated heterocycles. The van der Waals surface area contributed by atoms with Gasteiger partial charge in [-0.25, -0.2) is 0 Å². The molecule has 2 aromatic rings. The zero-order valence-electron chi connectivity index (χ0n) is 16.9. The van der Waals surface area contributed by atoms with E-state index in [2.05, 4.69) is 0 Å². The Morgan fingerprint density at radius 3 is 1.86 bits per heavy atom. The van der Waals surface area contributed by atoms with Crippen LogP contribution < -0.4 is 0 Å². The minimum absolute atomic E-state index is 0.438. The fourth-order valence-electron chi connectivity index (χ4n) is 4.52. The second-order valence-electron chi connectivity index (χ2n) is 8.72. The summed E-state index contributed by atoms with van der Waals surface area (Å²) in [6.45, 7) is 5.56. The summed E-state index contributed by atoms with van der Waals surface area (Å²) < 4.78 is 6.41. The van der Waals surface area contributed by atoms with Crippen molar-refractivity contribution in [3.05, 3.63) is 71.8 Å². The van der Waals surface area contributed by atoms with Crippen molar-refractivity contribution in [2.24, 2.45) is 5.92 Å². The molecule has 1 aliphatic heterocycles. The van der Waals surface area contributed by atoms with Crippen LogP contribution in [0.25, 0.3) is 0 Å². The fraction of sp³-hybridized carbons (Fsp3) is 0.458. The first kappa shape index (κ1) is 20.6. The summed E-state index contributed by atoms with van der Waals surface area (Å²) in [5.74, 6) is -1.43. The van der Waals surface area contributed by atoms with Gasteiger partial charge in [-0.15, -0.1) is 0 Å². The number of aliphatic carboxylic acids is 1. The van der Waals surface area contributed by atoms with Crippen molar-refractivity contribution in [3.8, 4) is 0 Å². The Kier molecular flexibility index (Phi) is 5.64. The van der Waals surface area contributed by atoms with Gasteiger partial charge in [0.1, 0.15) is 5.60 Å². The highest BCUT2D eigenvalue weighted by atomic mass is 16.5. The van der Waals surface area contributed by atoms with Gasteiger partial charge in [0.05, 0.1) is 17.1 Å². The van der Waals surface area contributed by atoms with Crippen molar-refractivity contribution in [3.63, 3.8) is 0 Å². The third-order valence-electron chi connectivity index (χ3n) is 6.20. The fourth-order valence-corrected chi connectivity index (χ4v) is 4.52. The number of rotatable bonds is 6. The summed E-state index contributed by atoms with van der Waals surface area (Å²) >= 11 is 0. The standard InChI is InChI=1S/C24H30O4/c1-22(2)20(21(25)26)14-15-23(3,28-22)24(27,16-18-10-6-4-7-11-18)17-19-12-8-5-9-13-19/h4-13,20,27H,14-17H2,1-3H3,(H,25,26)/t20-,23-/m0/s1. The van der Waals surface area contributed by atoms with Crippen LogP contribution in [0, 0.1) is 5.92 Å². The van der Waals surface area contributed by atoms with Crippen LogP contribution in [0.15, 0.2) is 60.7 Å². The molecule has 1 heterocycles. The molecular formula is C24H30O4. The summed E-state index contributed by atoms with van der Waals surface area (Å²) in [5.41, 5.74) is -0.835. The molecule has 1 fully saturated rings.